The minimum absolute atomic E-state index is 0.0644. The molecule has 1 N–H and O–H groups in total. The number of hydrogen-bond donors (Lipinski definition) is 1. The molecule has 0 fully saturated rings. The van der Waals surface area contributed by atoms with E-state index in [0.29, 0.717) is 22.8 Å². The van der Waals surface area contributed by atoms with Crippen LogP contribution in [0.15, 0.2) is 65.8 Å². The lowest BCUT2D eigenvalue weighted by Gasteiger charge is -2.24. The van der Waals surface area contributed by atoms with Gasteiger partial charge in [0.25, 0.3) is 15.9 Å². The van der Waals surface area contributed by atoms with Crippen LogP contribution < -0.4 is 9.62 Å². The summed E-state index contributed by atoms with van der Waals surface area (Å²) in [5.41, 5.74) is 1.49. The quantitative estimate of drug-likeness (QED) is 0.621. The van der Waals surface area contributed by atoms with Crippen molar-refractivity contribution in [2.45, 2.75) is 18.5 Å². The normalized spacial score (nSPS) is 11.3. The molecule has 0 aliphatic carbocycles. The fraction of sp³-hybridized carbons (Fsp3) is 0.200. The van der Waals surface area contributed by atoms with Crippen LogP contribution in [0, 0.1) is 0 Å². The van der Waals surface area contributed by atoms with Crippen molar-refractivity contribution >= 4 is 33.2 Å². The molecule has 0 radical (unpaired) electrons. The second-order valence-corrected chi connectivity index (χ2v) is 8.62. The number of carbonyl (C=O) groups is 1. The molecular weight excluding hydrogens is 412 g/mol. The molecular formula is C20H21ClN4O3S. The SMILES string of the molecule is CCNC(=O)c1cccc(N(Cc2ccc(Cl)cc2)S(=O)(=O)c2ccn(C)n2)c1. The number of anilines is 1. The predicted molar refractivity (Wildman–Crippen MR) is 112 cm³/mol. The number of aromatic nitrogens is 2. The molecule has 0 spiro atoms. The molecule has 0 aliphatic heterocycles. The van der Waals surface area contributed by atoms with Gasteiger partial charge >= 0.3 is 0 Å². The number of carbonyl (C=O) groups excluding carboxylic acids is 1. The fourth-order valence-corrected chi connectivity index (χ4v) is 4.31. The van der Waals surface area contributed by atoms with Crippen LogP contribution in [0.1, 0.15) is 22.8 Å². The van der Waals surface area contributed by atoms with Gasteiger partial charge in [0.15, 0.2) is 5.03 Å². The van der Waals surface area contributed by atoms with Crippen molar-refractivity contribution in [3.05, 3.63) is 76.9 Å². The average molecular weight is 433 g/mol. The highest BCUT2D eigenvalue weighted by Gasteiger charge is 2.28. The third-order valence-corrected chi connectivity index (χ3v) is 6.14. The largest absolute Gasteiger partial charge is 0.352 e. The Labute approximate surface area is 175 Å². The van der Waals surface area contributed by atoms with Crippen molar-refractivity contribution in [3.8, 4) is 0 Å². The van der Waals surface area contributed by atoms with Gasteiger partial charge in [-0.25, -0.2) is 0 Å². The smallest absolute Gasteiger partial charge is 0.283 e. The number of halogens is 1. The van der Waals surface area contributed by atoms with E-state index in [1.165, 1.54) is 15.1 Å². The van der Waals surface area contributed by atoms with E-state index in [2.05, 4.69) is 10.4 Å². The van der Waals surface area contributed by atoms with Crippen molar-refractivity contribution in [2.75, 3.05) is 10.8 Å². The number of aryl methyl sites for hydroxylation is 1. The number of hydrogen-bond acceptors (Lipinski definition) is 4. The molecule has 3 rings (SSSR count). The van der Waals surface area contributed by atoms with E-state index in [4.69, 9.17) is 11.6 Å². The molecule has 0 atom stereocenters. The maximum absolute atomic E-state index is 13.3. The molecule has 1 amide bonds. The van der Waals surface area contributed by atoms with E-state index >= 15 is 0 Å². The predicted octanol–water partition coefficient (Wildman–Crippen LogP) is 3.22. The minimum atomic E-state index is -3.96. The third kappa shape index (κ3) is 4.78. The van der Waals surface area contributed by atoms with Crippen molar-refractivity contribution in [1.82, 2.24) is 15.1 Å². The van der Waals surface area contributed by atoms with Crippen LogP contribution in [-0.4, -0.2) is 30.7 Å². The summed E-state index contributed by atoms with van der Waals surface area (Å²) in [6.45, 7) is 2.36. The van der Waals surface area contributed by atoms with Gasteiger partial charge in [0, 0.05) is 30.4 Å². The number of rotatable bonds is 7. The maximum atomic E-state index is 13.3. The summed E-state index contributed by atoms with van der Waals surface area (Å²) < 4.78 is 29.4. The van der Waals surface area contributed by atoms with E-state index in [-0.39, 0.29) is 17.5 Å². The Hall–Kier alpha value is -2.84. The van der Waals surface area contributed by atoms with Crippen LogP contribution in [0.25, 0.3) is 0 Å². The molecule has 0 bridgehead atoms. The Morgan fingerprint density at radius 3 is 2.52 bits per heavy atom. The minimum Gasteiger partial charge on any atom is -0.352 e. The Morgan fingerprint density at radius 1 is 1.17 bits per heavy atom. The summed E-state index contributed by atoms with van der Waals surface area (Å²) in [6, 6.07) is 14.9. The van der Waals surface area contributed by atoms with Crippen LogP contribution >= 0.6 is 11.6 Å². The first-order valence-electron chi connectivity index (χ1n) is 8.96. The summed E-state index contributed by atoms with van der Waals surface area (Å²) in [7, 11) is -2.31. The molecule has 152 valence electrons. The van der Waals surface area contributed by atoms with Crippen molar-refractivity contribution in [2.24, 2.45) is 7.05 Å². The number of benzene rings is 2. The molecule has 29 heavy (non-hydrogen) atoms. The van der Waals surface area contributed by atoms with E-state index < -0.39 is 10.0 Å². The van der Waals surface area contributed by atoms with Crippen molar-refractivity contribution in [3.63, 3.8) is 0 Å². The van der Waals surface area contributed by atoms with Crippen LogP contribution in [0.2, 0.25) is 5.02 Å². The molecule has 0 unspecified atom stereocenters. The summed E-state index contributed by atoms with van der Waals surface area (Å²) in [6.07, 6.45) is 1.57. The third-order valence-electron chi connectivity index (χ3n) is 4.22. The lowest BCUT2D eigenvalue weighted by atomic mass is 10.1. The van der Waals surface area contributed by atoms with E-state index in [1.807, 2.05) is 6.92 Å². The van der Waals surface area contributed by atoms with Gasteiger partial charge in [-0.3, -0.25) is 13.8 Å². The monoisotopic (exact) mass is 432 g/mol. The topological polar surface area (TPSA) is 84.3 Å². The summed E-state index contributed by atoms with van der Waals surface area (Å²) >= 11 is 5.95. The van der Waals surface area contributed by atoms with Gasteiger partial charge in [-0.1, -0.05) is 29.8 Å². The zero-order valence-corrected chi connectivity index (χ0v) is 17.6. The lowest BCUT2D eigenvalue weighted by Crippen LogP contribution is -2.31. The second kappa shape index (κ2) is 8.67. The highest BCUT2D eigenvalue weighted by atomic mass is 35.5. The molecule has 3 aromatic rings. The fourth-order valence-electron chi connectivity index (χ4n) is 2.78. The van der Waals surface area contributed by atoms with Gasteiger partial charge in [-0.05, 0) is 48.9 Å². The van der Waals surface area contributed by atoms with Crippen LogP contribution in [0.5, 0.6) is 0 Å². The van der Waals surface area contributed by atoms with Crippen LogP contribution in [0.4, 0.5) is 5.69 Å². The average Bonchev–Trinajstić information content (AvgIpc) is 3.15. The van der Waals surface area contributed by atoms with E-state index in [9.17, 15) is 13.2 Å². The Bertz CT molecular complexity index is 1110. The zero-order valence-electron chi connectivity index (χ0n) is 16.0. The van der Waals surface area contributed by atoms with Gasteiger partial charge < -0.3 is 5.32 Å². The Kier molecular flexibility index (Phi) is 6.24. The molecule has 0 saturated heterocycles. The number of amides is 1. The zero-order chi connectivity index (χ0) is 21.0. The molecule has 7 nitrogen and oxygen atoms in total. The molecule has 0 aliphatic rings. The molecule has 0 saturated carbocycles. The number of nitrogens with one attached hydrogen (secondary N) is 1. The van der Waals surface area contributed by atoms with Gasteiger partial charge in [0.05, 0.1) is 12.2 Å². The highest BCUT2D eigenvalue weighted by molar-refractivity contribution is 7.92. The van der Waals surface area contributed by atoms with Crippen LogP contribution in [-0.2, 0) is 23.6 Å². The molecule has 2 aromatic carbocycles. The van der Waals surface area contributed by atoms with E-state index in [1.54, 1.807) is 61.8 Å². The van der Waals surface area contributed by atoms with Crippen molar-refractivity contribution in [1.29, 1.82) is 0 Å². The summed E-state index contributed by atoms with van der Waals surface area (Å²) in [5, 5.41) is 7.27. The van der Waals surface area contributed by atoms with Gasteiger partial charge in [-0.2, -0.15) is 13.5 Å². The van der Waals surface area contributed by atoms with E-state index in [0.717, 1.165) is 5.56 Å². The molecule has 1 heterocycles. The lowest BCUT2D eigenvalue weighted by molar-refractivity contribution is 0.0956. The summed E-state index contributed by atoms with van der Waals surface area (Å²) in [5.74, 6) is -0.268. The molecule has 1 aromatic heterocycles. The molecule has 9 heteroatoms. The Morgan fingerprint density at radius 2 is 1.90 bits per heavy atom. The first-order valence-corrected chi connectivity index (χ1v) is 10.8. The standard InChI is InChI=1S/C20H21ClN4O3S/c1-3-22-20(26)16-5-4-6-18(13-16)25(14-15-7-9-17(21)10-8-15)29(27,28)19-11-12-24(2)23-19/h4-13H,3,14H2,1-2H3,(H,22,26). The number of sulfonamides is 1. The van der Waals surface area contributed by atoms with Gasteiger partial charge in [-0.15, -0.1) is 0 Å². The highest BCUT2D eigenvalue weighted by Crippen LogP contribution is 2.26. The van der Waals surface area contributed by atoms with Gasteiger partial charge in [0.1, 0.15) is 0 Å². The Balaban J connectivity index is 2.06. The van der Waals surface area contributed by atoms with Crippen molar-refractivity contribution < 1.29 is 13.2 Å². The first kappa shape index (κ1) is 20.9. The van der Waals surface area contributed by atoms with Crippen LogP contribution in [0.3, 0.4) is 0 Å². The first-order chi connectivity index (χ1) is 13.8. The summed E-state index contributed by atoms with van der Waals surface area (Å²) in [4.78, 5) is 12.2. The second-order valence-electron chi connectivity index (χ2n) is 6.38. The maximum Gasteiger partial charge on any atom is 0.283 e. The number of nitrogens with zero attached hydrogens (tertiary/aromatic N) is 3. The van der Waals surface area contributed by atoms with Gasteiger partial charge in [0.2, 0.25) is 0 Å².